The summed E-state index contributed by atoms with van der Waals surface area (Å²) in [5.74, 6) is 0.678. The highest BCUT2D eigenvalue weighted by Crippen LogP contribution is 2.21. The van der Waals surface area contributed by atoms with E-state index in [1.807, 2.05) is 24.3 Å². The summed E-state index contributed by atoms with van der Waals surface area (Å²) in [5, 5.41) is 0. The molecule has 0 radical (unpaired) electrons. The van der Waals surface area contributed by atoms with Crippen LogP contribution in [0, 0.1) is 0 Å². The van der Waals surface area contributed by atoms with Crippen LogP contribution >= 0.6 is 0 Å². The number of anilines is 1. The number of piperazine rings is 1. The van der Waals surface area contributed by atoms with Crippen molar-refractivity contribution >= 4 is 21.6 Å². The first-order valence-corrected chi connectivity index (χ1v) is 11.2. The molecular weight excluding hydrogens is 366 g/mol. The van der Waals surface area contributed by atoms with Crippen LogP contribution in [-0.2, 0) is 14.8 Å². The van der Waals surface area contributed by atoms with Crippen molar-refractivity contribution in [2.75, 3.05) is 57.0 Å². The lowest BCUT2D eigenvalue weighted by atomic mass is 10.2. The van der Waals surface area contributed by atoms with Crippen molar-refractivity contribution in [3.8, 4) is 5.75 Å². The molecule has 0 aromatic heterocycles. The Morgan fingerprint density at radius 1 is 0.963 bits per heavy atom. The van der Waals surface area contributed by atoms with Crippen LogP contribution < -0.4 is 9.64 Å². The van der Waals surface area contributed by atoms with Gasteiger partial charge in [-0.1, -0.05) is 6.42 Å². The largest absolute Gasteiger partial charge is 0.497 e. The molecule has 1 aromatic carbocycles. The van der Waals surface area contributed by atoms with Gasteiger partial charge in [0.05, 0.1) is 12.9 Å². The predicted molar refractivity (Wildman–Crippen MR) is 106 cm³/mol. The van der Waals surface area contributed by atoms with Crippen molar-refractivity contribution in [1.82, 2.24) is 9.21 Å². The third-order valence-corrected chi connectivity index (χ3v) is 7.22. The van der Waals surface area contributed by atoms with Gasteiger partial charge in [0.25, 0.3) is 0 Å². The Hall–Kier alpha value is -1.80. The summed E-state index contributed by atoms with van der Waals surface area (Å²) in [5.41, 5.74) is 1.11. The molecule has 3 rings (SSSR count). The number of piperidine rings is 1. The minimum atomic E-state index is -3.31. The van der Waals surface area contributed by atoms with Crippen LogP contribution in [0.3, 0.4) is 0 Å². The number of amides is 1. The van der Waals surface area contributed by atoms with Gasteiger partial charge in [-0.15, -0.1) is 0 Å². The van der Waals surface area contributed by atoms with Gasteiger partial charge >= 0.3 is 0 Å². The summed E-state index contributed by atoms with van der Waals surface area (Å²) < 4.78 is 31.5. The number of methoxy groups -OCH3 is 1. The number of benzene rings is 1. The van der Waals surface area contributed by atoms with Crippen LogP contribution in [-0.4, -0.2) is 75.7 Å². The molecule has 2 aliphatic heterocycles. The lowest BCUT2D eigenvalue weighted by Gasteiger charge is -2.36. The molecule has 0 bridgehead atoms. The molecule has 0 aliphatic carbocycles. The maximum Gasteiger partial charge on any atom is 0.223 e. The Bertz CT molecular complexity index is 722. The zero-order chi connectivity index (χ0) is 19.3. The molecule has 2 heterocycles. The second-order valence-electron chi connectivity index (χ2n) is 7.09. The Kier molecular flexibility index (Phi) is 6.59. The summed E-state index contributed by atoms with van der Waals surface area (Å²) >= 11 is 0. The second-order valence-corrected chi connectivity index (χ2v) is 9.18. The molecule has 0 N–H and O–H groups in total. The highest BCUT2D eigenvalue weighted by molar-refractivity contribution is 7.89. The average molecular weight is 396 g/mol. The number of carbonyl (C=O) groups is 1. The van der Waals surface area contributed by atoms with Crippen molar-refractivity contribution in [3.63, 3.8) is 0 Å². The number of hydrogen-bond donors (Lipinski definition) is 0. The second kappa shape index (κ2) is 8.93. The van der Waals surface area contributed by atoms with Gasteiger partial charge in [0.1, 0.15) is 5.75 Å². The zero-order valence-corrected chi connectivity index (χ0v) is 16.8. The van der Waals surface area contributed by atoms with E-state index in [9.17, 15) is 13.2 Å². The molecule has 0 unspecified atom stereocenters. The monoisotopic (exact) mass is 395 g/mol. The quantitative estimate of drug-likeness (QED) is 0.731. The van der Waals surface area contributed by atoms with E-state index in [4.69, 9.17) is 4.74 Å². The van der Waals surface area contributed by atoms with Crippen molar-refractivity contribution in [1.29, 1.82) is 0 Å². The molecule has 2 aliphatic rings. The Balaban J connectivity index is 1.46. The molecule has 0 spiro atoms. The molecule has 27 heavy (non-hydrogen) atoms. The van der Waals surface area contributed by atoms with Gasteiger partial charge in [0.15, 0.2) is 0 Å². The first-order chi connectivity index (χ1) is 13.0. The number of nitrogens with zero attached hydrogens (tertiary/aromatic N) is 3. The van der Waals surface area contributed by atoms with Crippen molar-refractivity contribution < 1.29 is 17.9 Å². The van der Waals surface area contributed by atoms with E-state index in [-0.39, 0.29) is 18.1 Å². The maximum absolute atomic E-state index is 12.5. The third-order valence-electron chi connectivity index (χ3n) is 5.35. The average Bonchev–Trinajstić information content (AvgIpc) is 2.73. The van der Waals surface area contributed by atoms with E-state index in [2.05, 4.69) is 4.90 Å². The van der Waals surface area contributed by atoms with E-state index in [0.29, 0.717) is 26.2 Å². The highest BCUT2D eigenvalue weighted by atomic mass is 32.2. The molecule has 0 saturated carbocycles. The fraction of sp³-hybridized carbons (Fsp3) is 0.632. The lowest BCUT2D eigenvalue weighted by Crippen LogP contribution is -2.49. The molecule has 8 heteroatoms. The van der Waals surface area contributed by atoms with E-state index >= 15 is 0 Å². The summed E-state index contributed by atoms with van der Waals surface area (Å²) in [6, 6.07) is 7.89. The topological polar surface area (TPSA) is 70.2 Å². The molecule has 1 amide bonds. The first-order valence-electron chi connectivity index (χ1n) is 9.64. The number of rotatable bonds is 6. The standard InChI is InChI=1S/C19H29N3O4S/c1-26-18-7-5-17(6-8-18)20-12-14-21(15-13-20)19(23)9-16-27(24,25)22-10-3-2-4-11-22/h5-8H,2-4,9-16H2,1H3. The van der Waals surface area contributed by atoms with Crippen LogP contribution in [0.1, 0.15) is 25.7 Å². The molecule has 2 saturated heterocycles. The molecule has 150 valence electrons. The summed E-state index contributed by atoms with van der Waals surface area (Å²) in [6.45, 7) is 3.92. The van der Waals surface area contributed by atoms with Crippen LogP contribution in [0.4, 0.5) is 5.69 Å². The predicted octanol–water partition coefficient (Wildman–Crippen LogP) is 1.55. The summed E-state index contributed by atoms with van der Waals surface area (Å²) in [4.78, 5) is 16.5. The summed E-state index contributed by atoms with van der Waals surface area (Å²) in [7, 11) is -1.67. The van der Waals surface area contributed by atoms with E-state index in [1.54, 1.807) is 16.3 Å². The normalized spacial score (nSPS) is 19.1. The molecule has 0 atom stereocenters. The zero-order valence-electron chi connectivity index (χ0n) is 16.0. The van der Waals surface area contributed by atoms with Crippen molar-refractivity contribution in [2.45, 2.75) is 25.7 Å². The minimum Gasteiger partial charge on any atom is -0.497 e. The lowest BCUT2D eigenvalue weighted by molar-refractivity contribution is -0.131. The smallest absolute Gasteiger partial charge is 0.223 e. The van der Waals surface area contributed by atoms with Gasteiger partial charge in [-0.2, -0.15) is 0 Å². The Morgan fingerprint density at radius 3 is 2.19 bits per heavy atom. The molecular formula is C19H29N3O4S. The molecule has 7 nitrogen and oxygen atoms in total. The fourth-order valence-electron chi connectivity index (χ4n) is 3.65. The van der Waals surface area contributed by atoms with E-state index in [1.165, 1.54) is 0 Å². The van der Waals surface area contributed by atoms with Gasteiger partial charge in [0, 0.05) is 51.4 Å². The van der Waals surface area contributed by atoms with Crippen LogP contribution in [0.25, 0.3) is 0 Å². The van der Waals surface area contributed by atoms with Gasteiger partial charge in [-0.25, -0.2) is 12.7 Å². The SMILES string of the molecule is COc1ccc(N2CCN(C(=O)CCS(=O)(=O)N3CCCCC3)CC2)cc1. The van der Waals surface area contributed by atoms with Gasteiger partial charge in [-0.05, 0) is 37.1 Å². The van der Waals surface area contributed by atoms with Crippen LogP contribution in [0.15, 0.2) is 24.3 Å². The highest BCUT2D eigenvalue weighted by Gasteiger charge is 2.27. The number of hydrogen-bond acceptors (Lipinski definition) is 5. The van der Waals surface area contributed by atoms with Gasteiger partial charge in [0.2, 0.25) is 15.9 Å². The number of carbonyl (C=O) groups excluding carboxylic acids is 1. The van der Waals surface area contributed by atoms with Gasteiger partial charge < -0.3 is 14.5 Å². The fourth-order valence-corrected chi connectivity index (χ4v) is 5.16. The van der Waals surface area contributed by atoms with Crippen LogP contribution in [0.5, 0.6) is 5.75 Å². The number of ether oxygens (including phenoxy) is 1. The maximum atomic E-state index is 12.5. The van der Waals surface area contributed by atoms with E-state index < -0.39 is 10.0 Å². The summed E-state index contributed by atoms with van der Waals surface area (Å²) in [6.07, 6.45) is 2.99. The molecule has 2 fully saturated rings. The van der Waals surface area contributed by atoms with E-state index in [0.717, 1.165) is 43.8 Å². The van der Waals surface area contributed by atoms with Crippen LogP contribution in [0.2, 0.25) is 0 Å². The third kappa shape index (κ3) is 5.13. The van der Waals surface area contributed by atoms with Gasteiger partial charge in [-0.3, -0.25) is 4.79 Å². The van der Waals surface area contributed by atoms with Crippen molar-refractivity contribution in [2.24, 2.45) is 0 Å². The minimum absolute atomic E-state index is 0.0648. The molecule has 1 aromatic rings. The number of sulfonamides is 1. The van der Waals surface area contributed by atoms with Crippen molar-refractivity contribution in [3.05, 3.63) is 24.3 Å². The Morgan fingerprint density at radius 2 is 1.59 bits per heavy atom. The Labute approximate surface area is 161 Å². The first kappa shape index (κ1) is 19.9.